The van der Waals surface area contributed by atoms with Crippen LogP contribution in [0, 0.1) is 13.8 Å². The highest BCUT2D eigenvalue weighted by Crippen LogP contribution is 2.19. The number of carbonyl (C=O) groups is 2. The fraction of sp³-hybridized carbons (Fsp3) is 0.182. The summed E-state index contributed by atoms with van der Waals surface area (Å²) in [7, 11) is 0. The van der Waals surface area contributed by atoms with Crippen molar-refractivity contribution in [2.24, 2.45) is 0 Å². The van der Waals surface area contributed by atoms with Crippen LogP contribution in [0.25, 0.3) is 11.4 Å². The van der Waals surface area contributed by atoms with Crippen LogP contribution < -0.4 is 10.1 Å². The molecule has 1 aromatic heterocycles. The van der Waals surface area contributed by atoms with Gasteiger partial charge in [-0.3, -0.25) is 9.59 Å². The van der Waals surface area contributed by atoms with Gasteiger partial charge in [0.15, 0.2) is 18.2 Å². The maximum atomic E-state index is 12.1. The van der Waals surface area contributed by atoms with Gasteiger partial charge in [-0.15, -0.1) is 0 Å². The van der Waals surface area contributed by atoms with E-state index in [9.17, 15) is 9.59 Å². The summed E-state index contributed by atoms with van der Waals surface area (Å²) in [6.45, 7) is 5.18. The average Bonchev–Trinajstić information content (AvgIpc) is 2.67. The molecule has 0 saturated heterocycles. The van der Waals surface area contributed by atoms with Gasteiger partial charge in [0.05, 0.1) is 0 Å². The molecule has 0 radical (unpaired) electrons. The Balaban J connectivity index is 1.64. The van der Waals surface area contributed by atoms with Crippen molar-refractivity contribution >= 4 is 17.4 Å². The van der Waals surface area contributed by atoms with Crippen molar-refractivity contribution < 1.29 is 14.3 Å². The molecule has 6 nitrogen and oxygen atoms in total. The summed E-state index contributed by atoms with van der Waals surface area (Å²) in [4.78, 5) is 32.3. The van der Waals surface area contributed by atoms with Crippen LogP contribution in [0.15, 0.2) is 54.6 Å². The molecule has 0 saturated carbocycles. The number of rotatable bonds is 6. The second-order valence-electron chi connectivity index (χ2n) is 6.51. The fourth-order valence-electron chi connectivity index (χ4n) is 2.57. The summed E-state index contributed by atoms with van der Waals surface area (Å²) in [6, 6.07) is 16.3. The van der Waals surface area contributed by atoms with Gasteiger partial charge in [-0.2, -0.15) is 4.98 Å². The number of carbonyl (C=O) groups excluding carboxylic acids is 2. The van der Waals surface area contributed by atoms with Gasteiger partial charge >= 0.3 is 0 Å². The highest BCUT2D eigenvalue weighted by molar-refractivity contribution is 5.95. The van der Waals surface area contributed by atoms with E-state index >= 15 is 0 Å². The van der Waals surface area contributed by atoms with Crippen molar-refractivity contribution in [3.63, 3.8) is 0 Å². The molecular formula is C22H21N3O3. The first-order valence-corrected chi connectivity index (χ1v) is 8.87. The van der Waals surface area contributed by atoms with Crippen molar-refractivity contribution in [3.8, 4) is 17.3 Å². The minimum absolute atomic E-state index is 0.0234. The minimum atomic E-state index is -0.316. The Hall–Kier alpha value is -3.54. The number of nitrogens with one attached hydrogen (secondary N) is 1. The van der Waals surface area contributed by atoms with E-state index in [0.29, 0.717) is 23.0 Å². The molecule has 0 unspecified atom stereocenters. The lowest BCUT2D eigenvalue weighted by Gasteiger charge is -2.09. The number of Topliss-reactive ketones (excluding diaryl/α,β-unsaturated/α-hetero) is 1. The normalized spacial score (nSPS) is 10.4. The first-order valence-electron chi connectivity index (χ1n) is 8.87. The van der Waals surface area contributed by atoms with Crippen molar-refractivity contribution in [2.45, 2.75) is 20.8 Å². The number of nitrogens with zero attached hydrogens (tertiary/aromatic N) is 2. The third-order valence-corrected chi connectivity index (χ3v) is 4.07. The van der Waals surface area contributed by atoms with Gasteiger partial charge in [-0.05, 0) is 45.0 Å². The predicted molar refractivity (Wildman–Crippen MR) is 108 cm³/mol. The molecule has 0 atom stereocenters. The highest BCUT2D eigenvalue weighted by Gasteiger charge is 2.09. The molecule has 1 heterocycles. The van der Waals surface area contributed by atoms with Crippen LogP contribution in [0.4, 0.5) is 5.69 Å². The molecule has 6 heteroatoms. The molecule has 0 aliphatic rings. The van der Waals surface area contributed by atoms with Crippen molar-refractivity contribution in [1.29, 1.82) is 0 Å². The standard InChI is InChI=1S/C22H21N3O3/c1-14-4-6-18(7-5-14)22-23-15(2)12-21(25-22)28-13-20(27)24-19-10-8-17(9-11-19)16(3)26/h4-12H,13H2,1-3H3,(H,24,27). The SMILES string of the molecule is CC(=O)c1ccc(NC(=O)COc2cc(C)nc(-c3ccc(C)cc3)n2)cc1. The van der Waals surface area contributed by atoms with Gasteiger partial charge in [0, 0.05) is 28.6 Å². The highest BCUT2D eigenvalue weighted by atomic mass is 16.5. The number of hydrogen-bond donors (Lipinski definition) is 1. The lowest BCUT2D eigenvalue weighted by molar-refractivity contribution is -0.118. The van der Waals surface area contributed by atoms with Gasteiger partial charge < -0.3 is 10.1 Å². The maximum absolute atomic E-state index is 12.1. The number of anilines is 1. The lowest BCUT2D eigenvalue weighted by Crippen LogP contribution is -2.20. The van der Waals surface area contributed by atoms with Crippen LogP contribution in [-0.2, 0) is 4.79 Å². The van der Waals surface area contributed by atoms with Crippen LogP contribution in [-0.4, -0.2) is 28.3 Å². The summed E-state index contributed by atoms with van der Waals surface area (Å²) >= 11 is 0. The Morgan fingerprint density at radius 2 is 1.64 bits per heavy atom. The van der Waals surface area contributed by atoms with Gasteiger partial charge in [0.1, 0.15) is 0 Å². The lowest BCUT2D eigenvalue weighted by atomic mass is 10.1. The van der Waals surface area contributed by atoms with Gasteiger partial charge in [-0.25, -0.2) is 4.98 Å². The summed E-state index contributed by atoms with van der Waals surface area (Å²) < 4.78 is 5.55. The maximum Gasteiger partial charge on any atom is 0.262 e. The quantitative estimate of drug-likeness (QED) is 0.659. The molecular weight excluding hydrogens is 354 g/mol. The van der Waals surface area contributed by atoms with E-state index in [0.717, 1.165) is 16.8 Å². The van der Waals surface area contributed by atoms with E-state index in [1.54, 1.807) is 30.3 Å². The Morgan fingerprint density at radius 3 is 2.29 bits per heavy atom. The Morgan fingerprint density at radius 1 is 0.964 bits per heavy atom. The smallest absolute Gasteiger partial charge is 0.262 e. The molecule has 1 N–H and O–H groups in total. The number of aryl methyl sites for hydroxylation is 2. The van der Waals surface area contributed by atoms with Crippen LogP contribution >= 0.6 is 0 Å². The first-order chi connectivity index (χ1) is 13.4. The van der Waals surface area contributed by atoms with Crippen molar-refractivity contribution in [3.05, 3.63) is 71.4 Å². The van der Waals surface area contributed by atoms with E-state index in [2.05, 4.69) is 15.3 Å². The van der Waals surface area contributed by atoms with Gasteiger partial charge in [0.2, 0.25) is 5.88 Å². The van der Waals surface area contributed by atoms with Crippen molar-refractivity contribution in [2.75, 3.05) is 11.9 Å². The van der Waals surface area contributed by atoms with Crippen LogP contribution in [0.1, 0.15) is 28.5 Å². The summed E-state index contributed by atoms with van der Waals surface area (Å²) in [5, 5.41) is 2.73. The monoisotopic (exact) mass is 375 g/mol. The zero-order valence-corrected chi connectivity index (χ0v) is 16.0. The zero-order valence-electron chi connectivity index (χ0n) is 16.0. The molecule has 28 heavy (non-hydrogen) atoms. The average molecular weight is 375 g/mol. The summed E-state index contributed by atoms with van der Waals surface area (Å²) in [5.41, 5.74) is 3.98. The Kier molecular flexibility index (Phi) is 5.79. The predicted octanol–water partition coefficient (Wildman–Crippen LogP) is 3.98. The second-order valence-corrected chi connectivity index (χ2v) is 6.51. The third-order valence-electron chi connectivity index (χ3n) is 4.07. The molecule has 3 aromatic rings. The minimum Gasteiger partial charge on any atom is -0.467 e. The number of aromatic nitrogens is 2. The largest absolute Gasteiger partial charge is 0.467 e. The molecule has 0 spiro atoms. The Labute approximate surface area is 163 Å². The van der Waals surface area contributed by atoms with E-state index in [-0.39, 0.29) is 18.3 Å². The molecule has 142 valence electrons. The molecule has 0 fully saturated rings. The van der Waals surface area contributed by atoms with E-state index in [1.165, 1.54) is 6.92 Å². The number of ether oxygens (including phenoxy) is 1. The second kappa shape index (κ2) is 8.43. The molecule has 0 bridgehead atoms. The molecule has 1 amide bonds. The molecule has 0 aliphatic carbocycles. The van der Waals surface area contributed by atoms with Crippen LogP contribution in [0.3, 0.4) is 0 Å². The first kappa shape index (κ1) is 19.2. The van der Waals surface area contributed by atoms with Crippen LogP contribution in [0.2, 0.25) is 0 Å². The number of benzene rings is 2. The summed E-state index contributed by atoms with van der Waals surface area (Å²) in [6.07, 6.45) is 0. The van der Waals surface area contributed by atoms with Gasteiger partial charge in [-0.1, -0.05) is 29.8 Å². The fourth-order valence-corrected chi connectivity index (χ4v) is 2.57. The summed E-state index contributed by atoms with van der Waals surface area (Å²) in [5.74, 6) is 0.550. The topological polar surface area (TPSA) is 81.2 Å². The Bertz CT molecular complexity index is 997. The number of hydrogen-bond acceptors (Lipinski definition) is 5. The number of ketones is 1. The third kappa shape index (κ3) is 5.01. The van der Waals surface area contributed by atoms with E-state index < -0.39 is 0 Å². The van der Waals surface area contributed by atoms with E-state index in [4.69, 9.17) is 4.74 Å². The molecule has 2 aromatic carbocycles. The molecule has 3 rings (SSSR count). The number of amides is 1. The molecule has 0 aliphatic heterocycles. The van der Waals surface area contributed by atoms with Gasteiger partial charge in [0.25, 0.3) is 5.91 Å². The van der Waals surface area contributed by atoms with Crippen molar-refractivity contribution in [1.82, 2.24) is 9.97 Å². The van der Waals surface area contributed by atoms with Crippen LogP contribution in [0.5, 0.6) is 5.88 Å². The van der Waals surface area contributed by atoms with E-state index in [1.807, 2.05) is 38.1 Å². The zero-order chi connectivity index (χ0) is 20.1.